The summed E-state index contributed by atoms with van der Waals surface area (Å²) in [6.45, 7) is -0.525. The summed E-state index contributed by atoms with van der Waals surface area (Å²) in [4.78, 5) is 21.4. The second-order valence-corrected chi connectivity index (χ2v) is 4.54. The van der Waals surface area contributed by atoms with Crippen LogP contribution in [0.4, 0.5) is 11.4 Å². The summed E-state index contributed by atoms with van der Waals surface area (Å²) in [6, 6.07) is 15.0. The molecule has 0 atom stereocenters. The molecule has 0 fully saturated rings. The summed E-state index contributed by atoms with van der Waals surface area (Å²) in [5.74, 6) is -0.430. The van der Waals surface area contributed by atoms with Crippen LogP contribution in [0.3, 0.4) is 0 Å². The molecule has 2 aromatic carbocycles. The molecule has 0 aliphatic carbocycles. The van der Waals surface area contributed by atoms with Crippen molar-refractivity contribution in [3.05, 3.63) is 59.7 Å². The van der Waals surface area contributed by atoms with E-state index < -0.39 is 12.5 Å². The lowest BCUT2D eigenvalue weighted by molar-refractivity contribution is -0.118. The highest BCUT2D eigenvalue weighted by Crippen LogP contribution is 2.15. The number of aliphatic hydroxyl groups is 1. The maximum Gasteiger partial charge on any atom is 0.250 e. The zero-order valence-electron chi connectivity index (χ0n) is 11.4. The number of aliphatic hydroxyl groups excluding tert-OH is 1. The summed E-state index contributed by atoms with van der Waals surface area (Å²) in [7, 11) is 0. The van der Waals surface area contributed by atoms with E-state index >= 15 is 0 Å². The molecule has 2 rings (SSSR count). The van der Waals surface area contributed by atoms with Gasteiger partial charge in [0.15, 0.2) is 0 Å². The van der Waals surface area contributed by atoms with Crippen molar-refractivity contribution in [3.8, 4) is 0 Å². The standard InChI is InChI=1S/C16H16N2O3/c19-10-16(21)18-15-7-3-13(4-8-15)9-12-1-5-14(6-2-12)17-11-20/h1-8,11,19H,9-10H2,(H,17,20)(H,18,21). The highest BCUT2D eigenvalue weighted by molar-refractivity contribution is 5.91. The maximum atomic E-state index is 11.1. The Morgan fingerprint density at radius 3 is 1.95 bits per heavy atom. The molecule has 3 N–H and O–H groups in total. The van der Waals surface area contributed by atoms with Crippen LogP contribution < -0.4 is 10.6 Å². The number of anilines is 2. The number of hydrogen-bond donors (Lipinski definition) is 3. The average Bonchev–Trinajstić information content (AvgIpc) is 2.51. The molecule has 0 radical (unpaired) electrons. The van der Waals surface area contributed by atoms with Crippen molar-refractivity contribution in [2.75, 3.05) is 17.2 Å². The highest BCUT2D eigenvalue weighted by Gasteiger charge is 2.01. The number of benzene rings is 2. The van der Waals surface area contributed by atoms with Crippen molar-refractivity contribution < 1.29 is 14.7 Å². The molecule has 0 aliphatic heterocycles. The molecule has 21 heavy (non-hydrogen) atoms. The summed E-state index contributed by atoms with van der Waals surface area (Å²) in [5, 5.41) is 13.8. The van der Waals surface area contributed by atoms with E-state index in [9.17, 15) is 9.59 Å². The van der Waals surface area contributed by atoms with Crippen molar-refractivity contribution in [2.45, 2.75) is 6.42 Å². The first-order chi connectivity index (χ1) is 10.2. The van der Waals surface area contributed by atoms with Gasteiger partial charge in [-0.3, -0.25) is 9.59 Å². The molecule has 5 heteroatoms. The van der Waals surface area contributed by atoms with Gasteiger partial charge in [-0.1, -0.05) is 24.3 Å². The fraction of sp³-hybridized carbons (Fsp3) is 0.125. The van der Waals surface area contributed by atoms with Gasteiger partial charge in [-0.15, -0.1) is 0 Å². The first-order valence-corrected chi connectivity index (χ1v) is 6.50. The van der Waals surface area contributed by atoms with Crippen molar-refractivity contribution in [1.29, 1.82) is 0 Å². The molecule has 0 saturated heterocycles. The third-order valence-electron chi connectivity index (χ3n) is 2.97. The second kappa shape index (κ2) is 7.21. The summed E-state index contributed by atoms with van der Waals surface area (Å²) in [5.41, 5.74) is 3.64. The molecular formula is C16H16N2O3. The minimum Gasteiger partial charge on any atom is -0.387 e. The Bertz CT molecular complexity index is 606. The Labute approximate surface area is 122 Å². The van der Waals surface area contributed by atoms with Crippen molar-refractivity contribution in [2.24, 2.45) is 0 Å². The van der Waals surface area contributed by atoms with Crippen LogP contribution in [0.2, 0.25) is 0 Å². The van der Waals surface area contributed by atoms with E-state index in [2.05, 4.69) is 10.6 Å². The molecule has 0 spiro atoms. The number of carbonyl (C=O) groups excluding carboxylic acids is 2. The molecule has 0 aromatic heterocycles. The van der Waals surface area contributed by atoms with E-state index in [0.29, 0.717) is 12.1 Å². The number of nitrogens with one attached hydrogen (secondary N) is 2. The van der Waals surface area contributed by atoms with E-state index in [-0.39, 0.29) is 0 Å². The van der Waals surface area contributed by atoms with Crippen LogP contribution in [0.15, 0.2) is 48.5 Å². The van der Waals surface area contributed by atoms with Crippen molar-refractivity contribution >= 4 is 23.7 Å². The summed E-state index contributed by atoms with van der Waals surface area (Å²) in [6.07, 6.45) is 1.41. The molecular weight excluding hydrogens is 268 g/mol. The van der Waals surface area contributed by atoms with Gasteiger partial charge >= 0.3 is 0 Å². The predicted molar refractivity (Wildman–Crippen MR) is 81.1 cm³/mol. The van der Waals surface area contributed by atoms with E-state index in [1.165, 1.54) is 0 Å². The SMILES string of the molecule is O=CNc1ccc(Cc2ccc(NC(=O)CO)cc2)cc1. The number of hydrogen-bond acceptors (Lipinski definition) is 3. The fourth-order valence-electron chi connectivity index (χ4n) is 1.93. The van der Waals surface area contributed by atoms with Crippen LogP contribution >= 0.6 is 0 Å². The van der Waals surface area contributed by atoms with Gasteiger partial charge in [-0.25, -0.2) is 0 Å². The zero-order chi connectivity index (χ0) is 15.1. The minimum atomic E-state index is -0.525. The van der Waals surface area contributed by atoms with Gasteiger partial charge in [0.2, 0.25) is 12.3 Å². The van der Waals surface area contributed by atoms with Gasteiger partial charge in [0.25, 0.3) is 0 Å². The maximum absolute atomic E-state index is 11.1. The van der Waals surface area contributed by atoms with Gasteiger partial charge in [-0.2, -0.15) is 0 Å². The van der Waals surface area contributed by atoms with Gasteiger partial charge in [-0.05, 0) is 41.8 Å². The van der Waals surface area contributed by atoms with Crippen molar-refractivity contribution in [1.82, 2.24) is 0 Å². The monoisotopic (exact) mass is 284 g/mol. The molecule has 0 heterocycles. The van der Waals surface area contributed by atoms with E-state index in [4.69, 9.17) is 5.11 Å². The van der Waals surface area contributed by atoms with E-state index in [1.807, 2.05) is 36.4 Å². The lowest BCUT2D eigenvalue weighted by Gasteiger charge is -2.06. The third-order valence-corrected chi connectivity index (χ3v) is 2.97. The van der Waals surface area contributed by atoms with E-state index in [1.54, 1.807) is 12.1 Å². The van der Waals surface area contributed by atoms with Gasteiger partial charge < -0.3 is 15.7 Å². The van der Waals surface area contributed by atoms with E-state index in [0.717, 1.165) is 23.2 Å². The van der Waals surface area contributed by atoms with Crippen LogP contribution in [-0.2, 0) is 16.0 Å². The van der Waals surface area contributed by atoms with Crippen LogP contribution in [0.5, 0.6) is 0 Å². The number of rotatable bonds is 6. The summed E-state index contributed by atoms with van der Waals surface area (Å²) >= 11 is 0. The molecule has 2 amide bonds. The Kier molecular flexibility index (Phi) is 5.06. The Morgan fingerprint density at radius 1 is 0.952 bits per heavy atom. The topological polar surface area (TPSA) is 78.4 Å². The Balaban J connectivity index is 1.99. The van der Waals surface area contributed by atoms with Gasteiger partial charge in [0.05, 0.1) is 0 Å². The van der Waals surface area contributed by atoms with Crippen LogP contribution in [0.1, 0.15) is 11.1 Å². The first kappa shape index (κ1) is 14.7. The lowest BCUT2D eigenvalue weighted by Crippen LogP contribution is -2.15. The molecule has 5 nitrogen and oxygen atoms in total. The average molecular weight is 284 g/mol. The zero-order valence-corrected chi connectivity index (χ0v) is 11.4. The Morgan fingerprint density at radius 2 is 1.48 bits per heavy atom. The summed E-state index contributed by atoms with van der Waals surface area (Å²) < 4.78 is 0. The normalized spacial score (nSPS) is 9.95. The van der Waals surface area contributed by atoms with Gasteiger partial charge in [0.1, 0.15) is 6.61 Å². The number of amides is 2. The van der Waals surface area contributed by atoms with Crippen molar-refractivity contribution in [3.63, 3.8) is 0 Å². The predicted octanol–water partition coefficient (Wildman–Crippen LogP) is 1.78. The highest BCUT2D eigenvalue weighted by atomic mass is 16.3. The Hall–Kier alpha value is -2.66. The van der Waals surface area contributed by atoms with Crippen LogP contribution in [0.25, 0.3) is 0 Å². The van der Waals surface area contributed by atoms with Gasteiger partial charge in [0, 0.05) is 11.4 Å². The smallest absolute Gasteiger partial charge is 0.250 e. The number of carbonyl (C=O) groups is 2. The molecule has 2 aromatic rings. The molecule has 0 aliphatic rings. The molecule has 108 valence electrons. The second-order valence-electron chi connectivity index (χ2n) is 4.54. The van der Waals surface area contributed by atoms with Crippen LogP contribution in [0, 0.1) is 0 Å². The molecule has 0 saturated carbocycles. The fourth-order valence-corrected chi connectivity index (χ4v) is 1.93. The quantitative estimate of drug-likeness (QED) is 0.707. The third kappa shape index (κ3) is 4.43. The lowest BCUT2D eigenvalue weighted by atomic mass is 10.0. The first-order valence-electron chi connectivity index (χ1n) is 6.50. The molecule has 0 bridgehead atoms. The van der Waals surface area contributed by atoms with Crippen LogP contribution in [-0.4, -0.2) is 24.0 Å². The minimum absolute atomic E-state index is 0.430. The largest absolute Gasteiger partial charge is 0.387 e. The molecule has 0 unspecified atom stereocenters.